The van der Waals surface area contributed by atoms with Crippen molar-refractivity contribution in [3.05, 3.63) is 41.8 Å². The molecule has 2 N–H and O–H groups in total. The lowest BCUT2D eigenvalue weighted by Crippen LogP contribution is -2.38. The number of hydrogen-bond donors (Lipinski definition) is 2. The lowest BCUT2D eigenvalue weighted by molar-refractivity contribution is -0.0286. The number of hydrogen-bond acceptors (Lipinski definition) is 9. The van der Waals surface area contributed by atoms with Crippen LogP contribution >= 0.6 is 11.3 Å². The van der Waals surface area contributed by atoms with Crippen LogP contribution in [0.25, 0.3) is 10.4 Å². The second-order valence-corrected chi connectivity index (χ2v) is 14.4. The number of carbonyl (C=O) groups is 1. The van der Waals surface area contributed by atoms with Gasteiger partial charge in [0.05, 0.1) is 57.3 Å². The minimum Gasteiger partial charge on any atom is -0.447 e. The molecule has 214 valence electrons. The highest BCUT2D eigenvalue weighted by molar-refractivity contribution is 7.92. The van der Waals surface area contributed by atoms with E-state index < -0.39 is 9.84 Å². The first-order chi connectivity index (χ1) is 19.3. The molecule has 3 fully saturated rings. The van der Waals surface area contributed by atoms with E-state index in [2.05, 4.69) is 15.7 Å². The molecule has 1 aliphatic heterocycles. The Labute approximate surface area is 238 Å². The third-order valence-corrected chi connectivity index (χ3v) is 11.2. The molecule has 2 aromatic heterocycles. The third kappa shape index (κ3) is 5.89. The van der Waals surface area contributed by atoms with Crippen LogP contribution in [0.15, 0.2) is 41.7 Å². The lowest BCUT2D eigenvalue weighted by Gasteiger charge is -2.28. The first-order valence-corrected chi connectivity index (χ1v) is 16.3. The van der Waals surface area contributed by atoms with Crippen LogP contribution in [0.4, 0.5) is 16.2 Å². The van der Waals surface area contributed by atoms with E-state index in [-0.39, 0.29) is 29.5 Å². The van der Waals surface area contributed by atoms with Crippen LogP contribution in [0.5, 0.6) is 0 Å². The summed E-state index contributed by atoms with van der Waals surface area (Å²) in [5.74, 6) is 0.292. The Morgan fingerprint density at radius 3 is 2.55 bits per heavy atom. The molecule has 12 heteroatoms. The van der Waals surface area contributed by atoms with E-state index in [4.69, 9.17) is 14.5 Å². The van der Waals surface area contributed by atoms with Crippen molar-refractivity contribution in [1.29, 1.82) is 0 Å². The van der Waals surface area contributed by atoms with E-state index in [0.29, 0.717) is 48.1 Å². The summed E-state index contributed by atoms with van der Waals surface area (Å²) in [5, 5.41) is 11.4. The number of nitrogens with zero attached hydrogens (tertiary/aromatic N) is 3. The molecule has 3 aliphatic rings. The maximum atomic E-state index is 13.5. The Morgan fingerprint density at radius 2 is 1.88 bits per heavy atom. The molecule has 1 amide bonds. The molecule has 2 aliphatic carbocycles. The third-order valence-electron chi connectivity index (χ3n) is 7.67. The quantitative estimate of drug-likeness (QED) is 0.341. The van der Waals surface area contributed by atoms with Crippen LogP contribution < -0.4 is 10.6 Å². The zero-order valence-corrected chi connectivity index (χ0v) is 24.3. The Morgan fingerprint density at radius 1 is 1.10 bits per heavy atom. The SMILES string of the molecule is CC(C)OC(=O)NC1CCC(c2ncc(-c3ccc(Nc4cnn(C5COC5)c4)cc3S(=O)(=O)C3CC3)s2)CC1. The van der Waals surface area contributed by atoms with Gasteiger partial charge < -0.3 is 20.1 Å². The summed E-state index contributed by atoms with van der Waals surface area (Å²) >= 11 is 1.57. The molecule has 0 bridgehead atoms. The van der Waals surface area contributed by atoms with Crippen LogP contribution in [0, 0.1) is 0 Å². The van der Waals surface area contributed by atoms with E-state index in [1.807, 2.05) is 43.1 Å². The summed E-state index contributed by atoms with van der Waals surface area (Å²) in [5.41, 5.74) is 2.21. The van der Waals surface area contributed by atoms with Crippen molar-refractivity contribution in [2.45, 2.75) is 86.6 Å². The molecule has 1 aromatic carbocycles. The van der Waals surface area contributed by atoms with Crippen molar-refractivity contribution in [3.8, 4) is 10.4 Å². The molecule has 3 heterocycles. The molecule has 6 rings (SSSR count). The maximum Gasteiger partial charge on any atom is 0.407 e. The molecule has 0 spiro atoms. The van der Waals surface area contributed by atoms with E-state index in [9.17, 15) is 13.2 Å². The number of carbonyl (C=O) groups excluding carboxylic acids is 1. The van der Waals surface area contributed by atoms with Crippen LogP contribution in [0.1, 0.15) is 69.3 Å². The van der Waals surface area contributed by atoms with Gasteiger partial charge in [-0.05, 0) is 64.5 Å². The number of alkyl carbamates (subject to hydrolysis) is 1. The van der Waals surface area contributed by atoms with Gasteiger partial charge in [-0.3, -0.25) is 4.68 Å². The number of aromatic nitrogens is 3. The zero-order chi connectivity index (χ0) is 27.9. The topological polar surface area (TPSA) is 124 Å². The fraction of sp³-hybridized carbons (Fsp3) is 0.536. The highest BCUT2D eigenvalue weighted by Gasteiger charge is 2.39. The molecule has 1 saturated heterocycles. The fourth-order valence-electron chi connectivity index (χ4n) is 5.24. The van der Waals surface area contributed by atoms with Gasteiger partial charge >= 0.3 is 6.09 Å². The Kier molecular flexibility index (Phi) is 7.58. The standard InChI is InChI=1S/C28H35N5O5S2/c1-17(2)38-28(34)32-19-5-3-18(4-6-19)27-29-13-25(39-27)24-10-7-20(11-26(24)40(35,36)23-8-9-23)31-21-12-30-33(14-21)22-15-37-16-22/h7,10-14,17-19,22-23,31H,3-6,8-9,15-16H2,1-2H3,(H,32,34). The Bertz CT molecular complexity index is 1470. The monoisotopic (exact) mass is 585 g/mol. The van der Waals surface area contributed by atoms with Gasteiger partial charge in [0, 0.05) is 35.6 Å². The number of anilines is 2. The Balaban J connectivity index is 1.18. The van der Waals surface area contributed by atoms with Gasteiger partial charge in [-0.1, -0.05) is 6.07 Å². The van der Waals surface area contributed by atoms with Gasteiger partial charge in [0.25, 0.3) is 0 Å². The normalized spacial score (nSPS) is 21.7. The summed E-state index contributed by atoms with van der Waals surface area (Å²) in [4.78, 5) is 17.9. The van der Waals surface area contributed by atoms with Crippen LogP contribution in [0.2, 0.25) is 0 Å². The number of ether oxygens (including phenoxy) is 2. The summed E-state index contributed by atoms with van der Waals surface area (Å²) in [6.45, 7) is 4.98. The molecule has 0 atom stereocenters. The maximum absolute atomic E-state index is 13.5. The second kappa shape index (κ2) is 11.1. The van der Waals surface area contributed by atoms with E-state index in [0.717, 1.165) is 41.3 Å². The fourth-order valence-corrected chi connectivity index (χ4v) is 8.32. The summed E-state index contributed by atoms with van der Waals surface area (Å²) in [7, 11) is -3.46. The first-order valence-electron chi connectivity index (χ1n) is 14.0. The van der Waals surface area contributed by atoms with Crippen LogP contribution in [-0.4, -0.2) is 59.9 Å². The zero-order valence-electron chi connectivity index (χ0n) is 22.7. The van der Waals surface area contributed by atoms with Crippen LogP contribution in [-0.2, 0) is 19.3 Å². The minimum absolute atomic E-state index is 0.103. The summed E-state index contributed by atoms with van der Waals surface area (Å²) in [6.07, 6.45) is 9.91. The lowest BCUT2D eigenvalue weighted by atomic mass is 9.86. The van der Waals surface area contributed by atoms with Gasteiger partial charge in [-0.2, -0.15) is 5.10 Å². The average Bonchev–Trinajstić information content (AvgIpc) is 3.49. The van der Waals surface area contributed by atoms with Gasteiger partial charge in [-0.15, -0.1) is 11.3 Å². The highest BCUT2D eigenvalue weighted by atomic mass is 32.2. The van der Waals surface area contributed by atoms with Gasteiger partial charge in [-0.25, -0.2) is 18.2 Å². The van der Waals surface area contributed by atoms with Crippen molar-refractivity contribution in [2.75, 3.05) is 18.5 Å². The van der Waals surface area contributed by atoms with Gasteiger partial charge in [0.1, 0.15) is 0 Å². The number of rotatable bonds is 9. The first kappa shape index (κ1) is 27.2. The Hall–Kier alpha value is -2.96. The van der Waals surface area contributed by atoms with E-state index >= 15 is 0 Å². The predicted molar refractivity (Wildman–Crippen MR) is 153 cm³/mol. The molecule has 40 heavy (non-hydrogen) atoms. The largest absolute Gasteiger partial charge is 0.447 e. The highest BCUT2D eigenvalue weighted by Crippen LogP contribution is 2.43. The number of sulfone groups is 1. The van der Waals surface area contributed by atoms with Crippen LogP contribution in [0.3, 0.4) is 0 Å². The van der Waals surface area contributed by atoms with E-state index in [1.54, 1.807) is 23.6 Å². The van der Waals surface area contributed by atoms with Crippen molar-refractivity contribution < 1.29 is 22.7 Å². The molecule has 0 radical (unpaired) electrons. The van der Waals surface area contributed by atoms with Crippen molar-refractivity contribution in [2.24, 2.45) is 0 Å². The van der Waals surface area contributed by atoms with Crippen molar-refractivity contribution in [3.63, 3.8) is 0 Å². The number of benzene rings is 1. The van der Waals surface area contributed by atoms with Crippen molar-refractivity contribution in [1.82, 2.24) is 20.1 Å². The number of thiazole rings is 1. The predicted octanol–water partition coefficient (Wildman–Crippen LogP) is 5.42. The number of nitrogens with one attached hydrogen (secondary N) is 2. The molecule has 3 aromatic rings. The molecular formula is C28H35N5O5S2. The van der Waals surface area contributed by atoms with Gasteiger partial charge in [0.2, 0.25) is 0 Å². The molecule has 2 saturated carbocycles. The smallest absolute Gasteiger partial charge is 0.407 e. The summed E-state index contributed by atoms with van der Waals surface area (Å²) < 4.78 is 39.4. The molecule has 0 unspecified atom stereocenters. The second-order valence-electron chi connectivity index (χ2n) is 11.2. The molecule has 10 nitrogen and oxygen atoms in total. The molecular weight excluding hydrogens is 550 g/mol. The average molecular weight is 586 g/mol. The van der Waals surface area contributed by atoms with Gasteiger partial charge in [0.15, 0.2) is 9.84 Å². The summed E-state index contributed by atoms with van der Waals surface area (Å²) in [6, 6.07) is 5.90. The van der Waals surface area contributed by atoms with E-state index in [1.165, 1.54) is 0 Å². The number of amides is 1. The van der Waals surface area contributed by atoms with Crippen molar-refractivity contribution >= 4 is 38.6 Å². The minimum atomic E-state index is -3.46.